The van der Waals surface area contributed by atoms with Gasteiger partial charge in [-0.2, -0.15) is 0 Å². The van der Waals surface area contributed by atoms with Crippen molar-refractivity contribution in [2.45, 2.75) is 45.6 Å². The van der Waals surface area contributed by atoms with Crippen molar-refractivity contribution < 1.29 is 0 Å². The predicted octanol–water partition coefficient (Wildman–Crippen LogP) is 2.37. The molecule has 2 rings (SSSR count). The van der Waals surface area contributed by atoms with E-state index >= 15 is 0 Å². The van der Waals surface area contributed by atoms with Crippen LogP contribution in [0.25, 0.3) is 0 Å². The Morgan fingerprint density at radius 1 is 1.25 bits per heavy atom. The van der Waals surface area contributed by atoms with E-state index < -0.39 is 0 Å². The standard InChI is InChI=1S/C15H27N5/c1-4-6-13-18-14(16-8-5-2)10-15(19-13)17-12-7-9-20(3)11-12/h10,12H,4-9,11H2,1-3H3,(H2,16,17,18,19). The van der Waals surface area contributed by atoms with Crippen LogP contribution in [0.4, 0.5) is 11.6 Å². The van der Waals surface area contributed by atoms with E-state index in [1.807, 2.05) is 6.07 Å². The minimum atomic E-state index is 0.503. The van der Waals surface area contributed by atoms with Gasteiger partial charge in [-0.05, 0) is 32.9 Å². The fourth-order valence-corrected chi connectivity index (χ4v) is 2.51. The zero-order chi connectivity index (χ0) is 14.4. The highest BCUT2D eigenvalue weighted by Crippen LogP contribution is 2.17. The summed E-state index contributed by atoms with van der Waals surface area (Å²) in [7, 11) is 2.17. The van der Waals surface area contributed by atoms with Crippen molar-refractivity contribution in [1.82, 2.24) is 14.9 Å². The van der Waals surface area contributed by atoms with Gasteiger partial charge in [-0.1, -0.05) is 13.8 Å². The molecular formula is C15H27N5. The first-order valence-electron chi connectivity index (χ1n) is 7.78. The van der Waals surface area contributed by atoms with Crippen LogP contribution in [0.3, 0.4) is 0 Å². The maximum atomic E-state index is 4.64. The van der Waals surface area contributed by atoms with Crippen molar-refractivity contribution >= 4 is 11.6 Å². The zero-order valence-corrected chi connectivity index (χ0v) is 12.9. The Balaban J connectivity index is 2.07. The van der Waals surface area contributed by atoms with E-state index in [-0.39, 0.29) is 0 Å². The summed E-state index contributed by atoms with van der Waals surface area (Å²) >= 11 is 0. The molecule has 0 spiro atoms. The van der Waals surface area contributed by atoms with Gasteiger partial charge >= 0.3 is 0 Å². The van der Waals surface area contributed by atoms with Crippen LogP contribution in [0.1, 0.15) is 38.9 Å². The van der Waals surface area contributed by atoms with Gasteiger partial charge in [-0.3, -0.25) is 0 Å². The van der Waals surface area contributed by atoms with Gasteiger partial charge in [0.05, 0.1) is 0 Å². The van der Waals surface area contributed by atoms with Crippen molar-refractivity contribution in [3.05, 3.63) is 11.9 Å². The maximum absolute atomic E-state index is 4.64. The van der Waals surface area contributed by atoms with Gasteiger partial charge in [0.25, 0.3) is 0 Å². The average molecular weight is 277 g/mol. The fourth-order valence-electron chi connectivity index (χ4n) is 2.51. The molecule has 1 aliphatic heterocycles. The molecule has 1 aromatic heterocycles. The van der Waals surface area contributed by atoms with Crippen molar-refractivity contribution in [2.24, 2.45) is 0 Å². The lowest BCUT2D eigenvalue weighted by atomic mass is 10.2. The highest BCUT2D eigenvalue weighted by atomic mass is 15.2. The summed E-state index contributed by atoms with van der Waals surface area (Å²) in [5.74, 6) is 2.84. The predicted molar refractivity (Wildman–Crippen MR) is 84.3 cm³/mol. The molecule has 0 aliphatic carbocycles. The van der Waals surface area contributed by atoms with Crippen LogP contribution >= 0.6 is 0 Å². The first-order chi connectivity index (χ1) is 9.71. The van der Waals surface area contributed by atoms with E-state index in [0.717, 1.165) is 56.4 Å². The highest BCUT2D eigenvalue weighted by Gasteiger charge is 2.19. The third kappa shape index (κ3) is 4.34. The third-order valence-electron chi connectivity index (χ3n) is 3.55. The average Bonchev–Trinajstić information content (AvgIpc) is 2.82. The molecule has 1 aliphatic rings. The molecule has 0 amide bonds. The number of aryl methyl sites for hydroxylation is 1. The van der Waals surface area contributed by atoms with Crippen molar-refractivity contribution in [1.29, 1.82) is 0 Å². The molecule has 20 heavy (non-hydrogen) atoms. The summed E-state index contributed by atoms with van der Waals surface area (Å²) in [5, 5.41) is 6.92. The Hall–Kier alpha value is -1.36. The molecule has 1 aromatic rings. The Labute approximate surface area is 122 Å². The van der Waals surface area contributed by atoms with Gasteiger partial charge in [0, 0.05) is 31.6 Å². The van der Waals surface area contributed by atoms with Crippen molar-refractivity contribution in [3.8, 4) is 0 Å². The fraction of sp³-hybridized carbons (Fsp3) is 0.733. The lowest BCUT2D eigenvalue weighted by Crippen LogP contribution is -2.24. The minimum absolute atomic E-state index is 0.503. The van der Waals surface area contributed by atoms with Gasteiger partial charge in [-0.15, -0.1) is 0 Å². The van der Waals surface area contributed by atoms with Crippen LogP contribution in [-0.2, 0) is 6.42 Å². The number of nitrogens with zero attached hydrogens (tertiary/aromatic N) is 3. The van der Waals surface area contributed by atoms with E-state index in [1.165, 1.54) is 6.42 Å². The Bertz CT molecular complexity index is 421. The summed E-state index contributed by atoms with van der Waals surface area (Å²) < 4.78 is 0. The number of likely N-dealkylation sites (tertiary alicyclic amines) is 1. The summed E-state index contributed by atoms with van der Waals surface area (Å²) in [6.45, 7) is 7.52. The van der Waals surface area contributed by atoms with E-state index in [1.54, 1.807) is 0 Å². The molecule has 2 N–H and O–H groups in total. The van der Waals surface area contributed by atoms with Crippen LogP contribution < -0.4 is 10.6 Å². The quantitative estimate of drug-likeness (QED) is 0.801. The summed E-state index contributed by atoms with van der Waals surface area (Å²) in [6, 6.07) is 2.54. The molecule has 0 bridgehead atoms. The molecule has 0 radical (unpaired) electrons. The molecule has 0 saturated carbocycles. The second-order valence-corrected chi connectivity index (χ2v) is 5.62. The molecular weight excluding hydrogens is 250 g/mol. The topological polar surface area (TPSA) is 53.1 Å². The number of hydrogen-bond acceptors (Lipinski definition) is 5. The Morgan fingerprint density at radius 2 is 2.05 bits per heavy atom. The maximum Gasteiger partial charge on any atom is 0.133 e. The van der Waals surface area contributed by atoms with Gasteiger partial charge < -0.3 is 15.5 Å². The number of likely N-dealkylation sites (N-methyl/N-ethyl adjacent to an activating group) is 1. The normalized spacial score (nSPS) is 19.2. The lowest BCUT2D eigenvalue weighted by Gasteiger charge is -2.15. The van der Waals surface area contributed by atoms with E-state index in [4.69, 9.17) is 0 Å². The van der Waals surface area contributed by atoms with Crippen LogP contribution in [0.5, 0.6) is 0 Å². The molecule has 1 unspecified atom stereocenters. The van der Waals surface area contributed by atoms with Gasteiger partial charge in [0.15, 0.2) is 0 Å². The molecule has 1 atom stereocenters. The van der Waals surface area contributed by atoms with Crippen LogP contribution in [0.15, 0.2) is 6.07 Å². The van der Waals surface area contributed by atoms with Crippen LogP contribution in [-0.4, -0.2) is 47.6 Å². The van der Waals surface area contributed by atoms with Crippen LogP contribution in [0, 0.1) is 0 Å². The summed E-state index contributed by atoms with van der Waals surface area (Å²) in [6.07, 6.45) is 4.29. The van der Waals surface area contributed by atoms with Gasteiger partial charge in [0.2, 0.25) is 0 Å². The zero-order valence-electron chi connectivity index (χ0n) is 12.9. The number of aromatic nitrogens is 2. The Morgan fingerprint density at radius 3 is 2.70 bits per heavy atom. The number of nitrogens with one attached hydrogen (secondary N) is 2. The van der Waals surface area contributed by atoms with E-state index in [9.17, 15) is 0 Å². The van der Waals surface area contributed by atoms with Crippen molar-refractivity contribution in [3.63, 3.8) is 0 Å². The van der Waals surface area contributed by atoms with Gasteiger partial charge in [0.1, 0.15) is 17.5 Å². The lowest BCUT2D eigenvalue weighted by molar-refractivity contribution is 0.414. The molecule has 5 heteroatoms. The minimum Gasteiger partial charge on any atom is -0.370 e. The second-order valence-electron chi connectivity index (χ2n) is 5.62. The van der Waals surface area contributed by atoms with Gasteiger partial charge in [-0.25, -0.2) is 9.97 Å². The molecule has 1 saturated heterocycles. The SMILES string of the molecule is CCCNc1cc(NC2CCN(C)C2)nc(CCC)n1. The highest BCUT2D eigenvalue weighted by molar-refractivity contribution is 5.48. The summed E-state index contributed by atoms with van der Waals surface area (Å²) in [4.78, 5) is 11.6. The first-order valence-corrected chi connectivity index (χ1v) is 7.78. The van der Waals surface area contributed by atoms with Crippen LogP contribution in [0.2, 0.25) is 0 Å². The van der Waals surface area contributed by atoms with E-state index in [0.29, 0.717) is 6.04 Å². The number of rotatable bonds is 7. The number of anilines is 2. The number of hydrogen-bond donors (Lipinski definition) is 2. The smallest absolute Gasteiger partial charge is 0.133 e. The monoisotopic (exact) mass is 277 g/mol. The van der Waals surface area contributed by atoms with Crippen molar-refractivity contribution in [2.75, 3.05) is 37.3 Å². The largest absolute Gasteiger partial charge is 0.370 e. The molecule has 112 valence electrons. The molecule has 5 nitrogen and oxygen atoms in total. The first kappa shape index (κ1) is 15.0. The molecule has 0 aromatic carbocycles. The summed E-state index contributed by atoms with van der Waals surface area (Å²) in [5.41, 5.74) is 0. The second kappa shape index (κ2) is 7.43. The Kier molecular flexibility index (Phi) is 5.59. The molecule has 1 fully saturated rings. The third-order valence-corrected chi connectivity index (χ3v) is 3.55. The molecule has 2 heterocycles. The van der Waals surface area contributed by atoms with E-state index in [2.05, 4.69) is 46.4 Å².